The number of guanidine groups is 1. The van der Waals surface area contributed by atoms with Crippen LogP contribution in [0.4, 0.5) is 0 Å². The number of amides is 4. The molecule has 1 aliphatic rings. The summed E-state index contributed by atoms with van der Waals surface area (Å²) in [5.74, 6) is -2.84. The van der Waals surface area contributed by atoms with Crippen LogP contribution in [-0.2, 0) is 32.0 Å². The van der Waals surface area contributed by atoms with Gasteiger partial charge in [-0.15, -0.1) is 0 Å². The van der Waals surface area contributed by atoms with E-state index in [0.717, 1.165) is 0 Å². The Morgan fingerprint density at radius 2 is 1.55 bits per heavy atom. The number of phenolic OH excluding ortho intramolecular Hbond substituents is 2. The van der Waals surface area contributed by atoms with Gasteiger partial charge in [-0.25, -0.2) is 0 Å². The molecule has 16 nitrogen and oxygen atoms in total. The van der Waals surface area contributed by atoms with Gasteiger partial charge in [0.05, 0.1) is 6.04 Å². The lowest BCUT2D eigenvalue weighted by atomic mass is 9.95. The molecule has 0 spiro atoms. The molecule has 0 aliphatic carbocycles. The first-order chi connectivity index (χ1) is 22.4. The Hall–Kier alpha value is -4.93. The monoisotopic (exact) mass is 654 g/mol. The minimum atomic E-state index is -1.29. The molecule has 2 aromatic carbocycles. The van der Waals surface area contributed by atoms with E-state index in [9.17, 15) is 29.4 Å². The van der Waals surface area contributed by atoms with Gasteiger partial charge in [-0.2, -0.15) is 0 Å². The maximum absolute atomic E-state index is 13.9. The number of hydrogen-bond donors (Lipinski definition) is 11. The van der Waals surface area contributed by atoms with Crippen LogP contribution < -0.4 is 49.9 Å². The normalized spacial score (nSPS) is 18.8. The summed E-state index contributed by atoms with van der Waals surface area (Å²) in [5.41, 5.74) is 30.3. The summed E-state index contributed by atoms with van der Waals surface area (Å²) >= 11 is 0. The van der Waals surface area contributed by atoms with Crippen LogP contribution in [0.3, 0.4) is 0 Å². The molecule has 3 rings (SSSR count). The van der Waals surface area contributed by atoms with Crippen LogP contribution in [-0.4, -0.2) is 90.1 Å². The van der Waals surface area contributed by atoms with Crippen molar-refractivity contribution < 1.29 is 29.4 Å². The first-order valence-electron chi connectivity index (χ1n) is 15.5. The highest BCUT2D eigenvalue weighted by atomic mass is 16.3. The molecule has 1 heterocycles. The molecule has 16 N–H and O–H groups in total. The molecule has 1 aliphatic heterocycles. The summed E-state index contributed by atoms with van der Waals surface area (Å²) in [5, 5.41) is 32.0. The zero-order valence-corrected chi connectivity index (χ0v) is 26.2. The molecule has 4 amide bonds. The molecule has 16 heteroatoms. The van der Waals surface area contributed by atoms with Gasteiger partial charge in [0, 0.05) is 32.5 Å². The maximum Gasteiger partial charge on any atom is 0.243 e. The summed E-state index contributed by atoms with van der Waals surface area (Å²) in [4.78, 5) is 57.6. The third-order valence-electron chi connectivity index (χ3n) is 7.68. The zero-order chi connectivity index (χ0) is 34.5. The molecule has 4 atom stereocenters. The number of hydrogen-bond acceptors (Lipinski definition) is 10. The van der Waals surface area contributed by atoms with Gasteiger partial charge in [0.2, 0.25) is 23.6 Å². The van der Waals surface area contributed by atoms with E-state index in [1.165, 1.54) is 12.1 Å². The topological polar surface area (TPSA) is 299 Å². The number of fused-ring (bicyclic) bond motifs is 5. The van der Waals surface area contributed by atoms with Gasteiger partial charge in [0.1, 0.15) is 29.6 Å². The van der Waals surface area contributed by atoms with Crippen LogP contribution in [0.25, 0.3) is 11.1 Å². The number of benzene rings is 2. The highest BCUT2D eigenvalue weighted by Crippen LogP contribution is 2.31. The fourth-order valence-electron chi connectivity index (χ4n) is 5.12. The second-order valence-electron chi connectivity index (χ2n) is 11.3. The quantitative estimate of drug-likeness (QED) is 0.0646. The predicted molar refractivity (Wildman–Crippen MR) is 177 cm³/mol. The first-order valence-corrected chi connectivity index (χ1v) is 15.5. The summed E-state index contributed by atoms with van der Waals surface area (Å²) in [6.45, 7) is 0.792. The Balaban J connectivity index is 2.03. The average molecular weight is 655 g/mol. The maximum atomic E-state index is 13.9. The molecule has 0 saturated heterocycles. The van der Waals surface area contributed by atoms with Crippen LogP contribution in [0.5, 0.6) is 11.5 Å². The number of nitrogens with two attached hydrogens (primary N) is 5. The predicted octanol–water partition coefficient (Wildman–Crippen LogP) is -2.49. The first kappa shape index (κ1) is 36.5. The minimum absolute atomic E-state index is 0.0243. The van der Waals surface area contributed by atoms with Gasteiger partial charge < -0.3 is 60.1 Å². The van der Waals surface area contributed by atoms with Crippen molar-refractivity contribution in [2.24, 2.45) is 33.7 Å². The van der Waals surface area contributed by atoms with Gasteiger partial charge in [-0.1, -0.05) is 12.1 Å². The molecular weight excluding hydrogens is 608 g/mol. The second kappa shape index (κ2) is 17.7. The zero-order valence-electron chi connectivity index (χ0n) is 26.2. The molecule has 0 aromatic heterocycles. The summed E-state index contributed by atoms with van der Waals surface area (Å²) in [6, 6.07) is 5.06. The molecule has 0 radical (unpaired) electrons. The van der Waals surface area contributed by atoms with Crippen LogP contribution in [0, 0.1) is 0 Å². The lowest BCUT2D eigenvalue weighted by Gasteiger charge is -2.26. The van der Waals surface area contributed by atoms with Crippen LogP contribution in [0.2, 0.25) is 0 Å². The molecule has 0 saturated carbocycles. The Morgan fingerprint density at radius 1 is 0.915 bits per heavy atom. The van der Waals surface area contributed by atoms with E-state index in [1.807, 2.05) is 0 Å². The number of carbonyl (C=O) groups excluding carboxylic acids is 4. The largest absolute Gasteiger partial charge is 0.508 e. The number of aliphatic imine (C=N–C) groups is 1. The Morgan fingerprint density at radius 3 is 2.15 bits per heavy atom. The Labute approximate surface area is 272 Å². The minimum Gasteiger partial charge on any atom is -0.508 e. The van der Waals surface area contributed by atoms with E-state index >= 15 is 0 Å². The lowest BCUT2D eigenvalue weighted by molar-refractivity contribution is -0.134. The molecule has 256 valence electrons. The lowest BCUT2D eigenvalue weighted by Crippen LogP contribution is -2.58. The highest BCUT2D eigenvalue weighted by Gasteiger charge is 2.31. The van der Waals surface area contributed by atoms with Crippen molar-refractivity contribution in [2.75, 3.05) is 26.2 Å². The number of carbonyl (C=O) groups is 4. The molecule has 2 aromatic rings. The van der Waals surface area contributed by atoms with Gasteiger partial charge in [-0.05, 0) is 78.7 Å². The van der Waals surface area contributed by atoms with E-state index in [4.69, 9.17) is 28.7 Å². The van der Waals surface area contributed by atoms with E-state index < -0.39 is 47.8 Å². The molecular formula is C31H46N10O6. The number of nitrogens with one attached hydrogen (secondary N) is 4. The molecule has 0 fully saturated rings. The SMILES string of the molecule is NCCC[C@@H]1NC(=O)[C@@H](N)Cc2cc(ccc2O)-c2ccc(O)c(c2)C[C@@H](C(=O)NC(CCCN=C(N)N)C(=O)NCCN)NC1=O. The van der Waals surface area contributed by atoms with Crippen molar-refractivity contribution in [1.29, 1.82) is 0 Å². The standard InChI is InChI=1S/C31H46N10O6/c32-9-1-3-23-29(46)41-24(30(47)40-22(28(45)37-12-10-33)4-2-11-38-31(35)36)16-20-14-18(6-8-26(20)43)17-5-7-25(42)19(13-17)15-21(34)27(44)39-23/h5-8,13-14,21-24,42-43H,1-4,9-12,15-16,32-34H2,(H,37,45)(H,39,44)(H,40,47)(H,41,46)(H4,35,36,38)/t21-,22?,23-,24-/m0/s1. The third kappa shape index (κ3) is 10.8. The van der Waals surface area contributed by atoms with Crippen molar-refractivity contribution in [1.82, 2.24) is 21.3 Å². The number of phenols is 2. The van der Waals surface area contributed by atoms with E-state index in [0.29, 0.717) is 35.1 Å². The van der Waals surface area contributed by atoms with Crippen LogP contribution in [0.15, 0.2) is 41.4 Å². The van der Waals surface area contributed by atoms with Gasteiger partial charge >= 0.3 is 0 Å². The van der Waals surface area contributed by atoms with Crippen molar-refractivity contribution in [3.05, 3.63) is 47.5 Å². The van der Waals surface area contributed by atoms with E-state index in [-0.39, 0.29) is 69.3 Å². The fourth-order valence-corrected chi connectivity index (χ4v) is 5.12. The Bertz CT molecular complexity index is 1450. The molecule has 47 heavy (non-hydrogen) atoms. The van der Waals surface area contributed by atoms with E-state index in [2.05, 4.69) is 26.3 Å². The summed E-state index contributed by atoms with van der Waals surface area (Å²) in [6.07, 6.45) is 0.826. The second-order valence-corrected chi connectivity index (χ2v) is 11.3. The summed E-state index contributed by atoms with van der Waals surface area (Å²) < 4.78 is 0. The van der Waals surface area contributed by atoms with Gasteiger partial charge in [0.25, 0.3) is 0 Å². The van der Waals surface area contributed by atoms with Crippen molar-refractivity contribution in [2.45, 2.75) is 62.7 Å². The van der Waals surface area contributed by atoms with Crippen molar-refractivity contribution in [3.8, 4) is 22.6 Å². The smallest absolute Gasteiger partial charge is 0.243 e. The average Bonchev–Trinajstić information content (AvgIpc) is 3.04. The molecule has 4 bridgehead atoms. The van der Waals surface area contributed by atoms with Gasteiger partial charge in [0.15, 0.2) is 5.96 Å². The number of nitrogens with zero attached hydrogens (tertiary/aromatic N) is 1. The Kier molecular flexibility index (Phi) is 13.7. The fraction of sp³-hybridized carbons (Fsp3) is 0.452. The van der Waals surface area contributed by atoms with E-state index in [1.54, 1.807) is 24.3 Å². The van der Waals surface area contributed by atoms with Crippen LogP contribution in [0.1, 0.15) is 36.8 Å². The third-order valence-corrected chi connectivity index (χ3v) is 7.68. The molecule has 1 unspecified atom stereocenters. The van der Waals surface area contributed by atoms with Crippen LogP contribution >= 0.6 is 0 Å². The van der Waals surface area contributed by atoms with Crippen molar-refractivity contribution in [3.63, 3.8) is 0 Å². The van der Waals surface area contributed by atoms with Crippen molar-refractivity contribution >= 4 is 29.6 Å². The highest BCUT2D eigenvalue weighted by molar-refractivity contribution is 5.95. The van der Waals surface area contributed by atoms with Gasteiger partial charge in [-0.3, -0.25) is 24.2 Å². The summed E-state index contributed by atoms with van der Waals surface area (Å²) in [7, 11) is 0. The number of aromatic hydroxyl groups is 2. The number of rotatable bonds is 12.